The summed E-state index contributed by atoms with van der Waals surface area (Å²) >= 11 is 1.26. The Kier molecular flexibility index (Phi) is 3.64. The molecule has 1 amide bonds. The number of amides is 1. The second-order valence-electron chi connectivity index (χ2n) is 2.97. The van der Waals surface area contributed by atoms with Crippen LogP contribution in [0.5, 0.6) is 0 Å². The van der Waals surface area contributed by atoms with Gasteiger partial charge in [-0.3, -0.25) is 4.79 Å². The molecule has 1 atom stereocenters. The number of carbonyl (C=O) groups excluding carboxylic acids is 1. The van der Waals surface area contributed by atoms with Crippen LogP contribution in [0.25, 0.3) is 0 Å². The third-order valence-electron chi connectivity index (χ3n) is 1.65. The molecular weight excluding hydrogens is 198 g/mol. The lowest BCUT2D eigenvalue weighted by Gasteiger charge is -2.09. The van der Waals surface area contributed by atoms with Crippen LogP contribution in [-0.4, -0.2) is 16.9 Å². The summed E-state index contributed by atoms with van der Waals surface area (Å²) in [6.45, 7) is 5.51. The van der Waals surface area contributed by atoms with E-state index in [0.29, 0.717) is 10.8 Å². The maximum atomic E-state index is 11.5. The predicted molar refractivity (Wildman–Crippen MR) is 58.3 cm³/mol. The van der Waals surface area contributed by atoms with E-state index in [1.807, 2.05) is 6.92 Å². The van der Waals surface area contributed by atoms with Gasteiger partial charge >= 0.3 is 0 Å². The maximum Gasteiger partial charge on any atom is 0.271 e. The van der Waals surface area contributed by atoms with E-state index in [-0.39, 0.29) is 11.9 Å². The quantitative estimate of drug-likeness (QED) is 0.740. The molecule has 4 nitrogen and oxygen atoms in total. The molecule has 3 N–H and O–H groups in total. The number of carbonyl (C=O) groups is 1. The minimum Gasteiger partial charge on any atom is -0.375 e. The SMILES string of the molecule is C=CCC(C)NC(=O)c1csc(N)n1. The van der Waals surface area contributed by atoms with Crippen molar-refractivity contribution in [1.29, 1.82) is 0 Å². The minimum atomic E-state index is -0.188. The molecule has 14 heavy (non-hydrogen) atoms. The van der Waals surface area contributed by atoms with Crippen LogP contribution in [0.2, 0.25) is 0 Å². The van der Waals surface area contributed by atoms with Gasteiger partial charge in [0.1, 0.15) is 5.69 Å². The zero-order valence-electron chi connectivity index (χ0n) is 7.99. The molecule has 0 saturated heterocycles. The van der Waals surface area contributed by atoms with Crippen molar-refractivity contribution >= 4 is 22.4 Å². The highest BCUT2D eigenvalue weighted by Gasteiger charge is 2.11. The van der Waals surface area contributed by atoms with Crippen LogP contribution in [0, 0.1) is 0 Å². The summed E-state index contributed by atoms with van der Waals surface area (Å²) in [7, 11) is 0. The molecule has 76 valence electrons. The topological polar surface area (TPSA) is 68.0 Å². The lowest BCUT2D eigenvalue weighted by atomic mass is 10.2. The number of nitrogen functional groups attached to an aromatic ring is 1. The van der Waals surface area contributed by atoms with E-state index in [9.17, 15) is 4.79 Å². The van der Waals surface area contributed by atoms with Crippen molar-refractivity contribution in [3.8, 4) is 0 Å². The highest BCUT2D eigenvalue weighted by atomic mass is 32.1. The number of aromatic nitrogens is 1. The smallest absolute Gasteiger partial charge is 0.271 e. The number of nitrogens with two attached hydrogens (primary N) is 1. The van der Waals surface area contributed by atoms with Crippen molar-refractivity contribution in [3.05, 3.63) is 23.7 Å². The maximum absolute atomic E-state index is 11.5. The molecular formula is C9H13N3OS. The average molecular weight is 211 g/mol. The summed E-state index contributed by atoms with van der Waals surface area (Å²) in [5, 5.41) is 4.84. The molecule has 1 rings (SSSR count). The molecule has 0 aromatic carbocycles. The highest BCUT2D eigenvalue weighted by molar-refractivity contribution is 7.13. The largest absolute Gasteiger partial charge is 0.375 e. The fourth-order valence-electron chi connectivity index (χ4n) is 0.999. The van der Waals surface area contributed by atoms with E-state index in [1.54, 1.807) is 11.5 Å². The summed E-state index contributed by atoms with van der Waals surface area (Å²) < 4.78 is 0. The van der Waals surface area contributed by atoms with Gasteiger partial charge in [-0.2, -0.15) is 0 Å². The van der Waals surface area contributed by atoms with E-state index < -0.39 is 0 Å². The molecule has 1 aromatic heterocycles. The number of hydrogen-bond donors (Lipinski definition) is 2. The number of nitrogens with zero attached hydrogens (tertiary/aromatic N) is 1. The molecule has 0 spiro atoms. The van der Waals surface area contributed by atoms with Crippen LogP contribution in [-0.2, 0) is 0 Å². The van der Waals surface area contributed by atoms with Crippen LogP contribution < -0.4 is 11.1 Å². The van der Waals surface area contributed by atoms with Gasteiger partial charge < -0.3 is 11.1 Å². The second-order valence-corrected chi connectivity index (χ2v) is 3.86. The summed E-state index contributed by atoms with van der Waals surface area (Å²) in [5.74, 6) is -0.188. The van der Waals surface area contributed by atoms with Crippen molar-refractivity contribution in [2.75, 3.05) is 5.73 Å². The molecule has 1 unspecified atom stereocenters. The molecule has 0 bridgehead atoms. The summed E-state index contributed by atoms with van der Waals surface area (Å²) in [6, 6.07) is 0.0722. The lowest BCUT2D eigenvalue weighted by molar-refractivity contribution is 0.0936. The molecule has 1 heterocycles. The van der Waals surface area contributed by atoms with Gasteiger partial charge in [0.25, 0.3) is 5.91 Å². The minimum absolute atomic E-state index is 0.0722. The highest BCUT2D eigenvalue weighted by Crippen LogP contribution is 2.10. The molecule has 0 aliphatic heterocycles. The van der Waals surface area contributed by atoms with Crippen molar-refractivity contribution in [3.63, 3.8) is 0 Å². The van der Waals surface area contributed by atoms with Gasteiger partial charge in [0.2, 0.25) is 0 Å². The van der Waals surface area contributed by atoms with Crippen LogP contribution >= 0.6 is 11.3 Å². The number of rotatable bonds is 4. The van der Waals surface area contributed by atoms with Crippen molar-refractivity contribution in [1.82, 2.24) is 10.3 Å². The van der Waals surface area contributed by atoms with Gasteiger partial charge in [-0.25, -0.2) is 4.98 Å². The fourth-order valence-corrected chi connectivity index (χ4v) is 1.54. The van der Waals surface area contributed by atoms with Crippen LogP contribution in [0.3, 0.4) is 0 Å². The number of thiazole rings is 1. The lowest BCUT2D eigenvalue weighted by Crippen LogP contribution is -2.32. The Bertz CT molecular complexity index is 335. The van der Waals surface area contributed by atoms with Crippen molar-refractivity contribution < 1.29 is 4.79 Å². The van der Waals surface area contributed by atoms with E-state index in [1.165, 1.54) is 11.3 Å². The van der Waals surface area contributed by atoms with Gasteiger partial charge in [-0.15, -0.1) is 17.9 Å². The Morgan fingerprint density at radius 3 is 3.14 bits per heavy atom. The monoisotopic (exact) mass is 211 g/mol. The van der Waals surface area contributed by atoms with Gasteiger partial charge in [0.15, 0.2) is 5.13 Å². The van der Waals surface area contributed by atoms with Crippen molar-refractivity contribution in [2.45, 2.75) is 19.4 Å². The first kappa shape index (κ1) is 10.7. The van der Waals surface area contributed by atoms with Crippen molar-refractivity contribution in [2.24, 2.45) is 0 Å². The zero-order valence-corrected chi connectivity index (χ0v) is 8.80. The van der Waals surface area contributed by atoms with E-state index in [0.717, 1.165) is 6.42 Å². The van der Waals surface area contributed by atoms with E-state index in [2.05, 4.69) is 16.9 Å². The molecule has 0 radical (unpaired) electrons. The van der Waals surface area contributed by atoms with Gasteiger partial charge in [-0.1, -0.05) is 6.08 Å². The predicted octanol–water partition coefficient (Wildman–Crippen LogP) is 1.42. The molecule has 0 aliphatic rings. The van der Waals surface area contributed by atoms with E-state index in [4.69, 9.17) is 5.73 Å². The molecule has 0 saturated carbocycles. The average Bonchev–Trinajstić information content (AvgIpc) is 2.52. The Labute approximate surface area is 86.8 Å². The molecule has 0 fully saturated rings. The first-order valence-electron chi connectivity index (χ1n) is 4.26. The van der Waals surface area contributed by atoms with Gasteiger partial charge in [-0.05, 0) is 13.3 Å². The Morgan fingerprint density at radius 2 is 2.64 bits per heavy atom. The van der Waals surface area contributed by atoms with Crippen LogP contribution in [0.15, 0.2) is 18.0 Å². The number of nitrogens with one attached hydrogen (secondary N) is 1. The Hall–Kier alpha value is -1.36. The summed E-state index contributed by atoms with van der Waals surface area (Å²) in [5.41, 5.74) is 5.80. The summed E-state index contributed by atoms with van der Waals surface area (Å²) in [6.07, 6.45) is 2.51. The Balaban J connectivity index is 2.54. The second kappa shape index (κ2) is 4.76. The number of anilines is 1. The fraction of sp³-hybridized carbons (Fsp3) is 0.333. The third-order valence-corrected chi connectivity index (χ3v) is 2.33. The molecule has 1 aromatic rings. The standard InChI is InChI=1S/C9H13N3OS/c1-3-4-6(2)11-8(13)7-5-14-9(10)12-7/h3,5-6H,1,4H2,2H3,(H2,10,12)(H,11,13). The van der Waals surface area contributed by atoms with Crippen LogP contribution in [0.1, 0.15) is 23.8 Å². The van der Waals surface area contributed by atoms with Crippen LogP contribution in [0.4, 0.5) is 5.13 Å². The molecule has 5 heteroatoms. The third kappa shape index (κ3) is 2.85. The molecule has 0 aliphatic carbocycles. The zero-order chi connectivity index (χ0) is 10.6. The first-order valence-corrected chi connectivity index (χ1v) is 5.14. The van der Waals surface area contributed by atoms with E-state index >= 15 is 0 Å². The number of hydrogen-bond acceptors (Lipinski definition) is 4. The first-order chi connectivity index (χ1) is 6.63. The summed E-state index contributed by atoms with van der Waals surface area (Å²) in [4.78, 5) is 15.4. The normalized spacial score (nSPS) is 12.1. The van der Waals surface area contributed by atoms with Gasteiger partial charge in [0, 0.05) is 11.4 Å². The Morgan fingerprint density at radius 1 is 1.93 bits per heavy atom. The van der Waals surface area contributed by atoms with Gasteiger partial charge in [0.05, 0.1) is 0 Å².